The molecule has 1 fully saturated rings. The summed E-state index contributed by atoms with van der Waals surface area (Å²) in [6, 6.07) is 10.6. The molecule has 0 N–H and O–H groups in total. The molecule has 20 heavy (non-hydrogen) atoms. The largest absolute Gasteiger partial charge is 0.342 e. The molecule has 0 aromatic heterocycles. The van der Waals surface area contributed by atoms with Crippen molar-refractivity contribution in [3.63, 3.8) is 0 Å². The van der Waals surface area contributed by atoms with Crippen molar-refractivity contribution in [1.29, 1.82) is 0 Å². The van der Waals surface area contributed by atoms with E-state index in [1.54, 1.807) is 0 Å². The molecule has 1 heterocycles. The molecule has 1 aliphatic heterocycles. The molecule has 0 saturated carbocycles. The molecule has 1 atom stereocenters. The first-order chi connectivity index (χ1) is 9.63. The fourth-order valence-electron chi connectivity index (χ4n) is 3.05. The van der Waals surface area contributed by atoms with E-state index in [1.807, 2.05) is 30.1 Å². The number of rotatable bonds is 4. The summed E-state index contributed by atoms with van der Waals surface area (Å²) >= 11 is 0. The van der Waals surface area contributed by atoms with Crippen LogP contribution < -0.4 is 0 Å². The average molecular weight is 274 g/mol. The van der Waals surface area contributed by atoms with Crippen molar-refractivity contribution < 1.29 is 4.79 Å². The van der Waals surface area contributed by atoms with Crippen molar-refractivity contribution in [2.24, 2.45) is 0 Å². The molecule has 2 rings (SSSR count). The van der Waals surface area contributed by atoms with Gasteiger partial charge in [-0.1, -0.05) is 37.3 Å². The molecule has 110 valence electrons. The van der Waals surface area contributed by atoms with Gasteiger partial charge in [-0.3, -0.25) is 4.79 Å². The lowest BCUT2D eigenvalue weighted by molar-refractivity contribution is -0.134. The molecule has 0 bridgehead atoms. The van der Waals surface area contributed by atoms with Crippen LogP contribution in [0.15, 0.2) is 30.3 Å². The van der Waals surface area contributed by atoms with Crippen molar-refractivity contribution in [3.8, 4) is 0 Å². The van der Waals surface area contributed by atoms with Gasteiger partial charge < -0.3 is 9.80 Å². The van der Waals surface area contributed by atoms with Crippen LogP contribution in [0.4, 0.5) is 0 Å². The van der Waals surface area contributed by atoms with E-state index < -0.39 is 0 Å². The first kappa shape index (κ1) is 15.0. The predicted molar refractivity (Wildman–Crippen MR) is 82.8 cm³/mol. The quantitative estimate of drug-likeness (QED) is 0.843. The summed E-state index contributed by atoms with van der Waals surface area (Å²) in [5.74, 6) is 0.272. The fraction of sp³-hybridized carbons (Fsp3) is 0.588. The number of amides is 1. The van der Waals surface area contributed by atoms with E-state index in [9.17, 15) is 4.79 Å². The zero-order valence-electron chi connectivity index (χ0n) is 12.9. The normalized spacial score (nSPS) is 18.8. The molecule has 3 nitrogen and oxygen atoms in total. The van der Waals surface area contributed by atoms with Crippen LogP contribution in [0.5, 0.6) is 0 Å². The second kappa shape index (κ2) is 6.89. The molecule has 0 aliphatic carbocycles. The molecule has 1 aromatic rings. The SMILES string of the molecule is CCC(C(=O)N(C)C1CCN(C)CC1)c1ccccc1. The van der Waals surface area contributed by atoms with E-state index >= 15 is 0 Å². The van der Waals surface area contributed by atoms with Gasteiger partial charge in [-0.05, 0) is 45.0 Å². The van der Waals surface area contributed by atoms with Crippen molar-refractivity contribution in [2.75, 3.05) is 27.2 Å². The highest BCUT2D eigenvalue weighted by Gasteiger charge is 2.28. The molecular formula is C17H26N2O. The standard InChI is InChI=1S/C17H26N2O/c1-4-16(14-8-6-5-7-9-14)17(20)19(3)15-10-12-18(2)13-11-15/h5-9,15-16H,4,10-13H2,1-3H3. The van der Waals surface area contributed by atoms with E-state index in [0.29, 0.717) is 6.04 Å². The zero-order chi connectivity index (χ0) is 14.5. The number of hydrogen-bond donors (Lipinski definition) is 0. The summed E-state index contributed by atoms with van der Waals surface area (Å²) in [6.07, 6.45) is 3.04. The monoisotopic (exact) mass is 274 g/mol. The summed E-state index contributed by atoms with van der Waals surface area (Å²) in [4.78, 5) is 17.1. The second-order valence-corrected chi connectivity index (χ2v) is 5.86. The van der Waals surface area contributed by atoms with Gasteiger partial charge in [0.15, 0.2) is 0 Å². The predicted octanol–water partition coefficient (Wildman–Crippen LogP) is 2.73. The summed E-state index contributed by atoms with van der Waals surface area (Å²) in [7, 11) is 4.13. The maximum atomic E-state index is 12.8. The molecule has 1 amide bonds. The number of likely N-dealkylation sites (tertiary alicyclic amines) is 1. The van der Waals surface area contributed by atoms with E-state index in [2.05, 4.69) is 31.0 Å². The number of carbonyl (C=O) groups is 1. The summed E-state index contributed by atoms with van der Waals surface area (Å²) in [6.45, 7) is 4.27. The van der Waals surface area contributed by atoms with Gasteiger partial charge in [-0.25, -0.2) is 0 Å². The molecule has 0 radical (unpaired) electrons. The molecule has 1 unspecified atom stereocenters. The summed E-state index contributed by atoms with van der Waals surface area (Å²) < 4.78 is 0. The Balaban J connectivity index is 2.05. The third-order valence-corrected chi connectivity index (χ3v) is 4.49. The highest BCUT2D eigenvalue weighted by molar-refractivity contribution is 5.83. The minimum atomic E-state index is 0.000793. The Kier molecular flexibility index (Phi) is 5.18. The van der Waals surface area contributed by atoms with Crippen LogP contribution in [0, 0.1) is 0 Å². The Morgan fingerprint density at radius 1 is 1.30 bits per heavy atom. The Hall–Kier alpha value is -1.35. The Morgan fingerprint density at radius 2 is 1.90 bits per heavy atom. The lowest BCUT2D eigenvalue weighted by Gasteiger charge is -2.36. The van der Waals surface area contributed by atoms with Gasteiger partial charge in [0, 0.05) is 13.1 Å². The third-order valence-electron chi connectivity index (χ3n) is 4.49. The Morgan fingerprint density at radius 3 is 2.45 bits per heavy atom. The lowest BCUT2D eigenvalue weighted by Crippen LogP contribution is -2.45. The molecule has 3 heteroatoms. The average Bonchev–Trinajstić information content (AvgIpc) is 2.49. The first-order valence-electron chi connectivity index (χ1n) is 7.63. The van der Waals surface area contributed by atoms with Gasteiger partial charge in [0.25, 0.3) is 0 Å². The van der Waals surface area contributed by atoms with Crippen molar-refractivity contribution in [2.45, 2.75) is 38.1 Å². The maximum Gasteiger partial charge on any atom is 0.230 e. The van der Waals surface area contributed by atoms with Gasteiger partial charge in [-0.2, -0.15) is 0 Å². The molecule has 1 saturated heterocycles. The molecule has 0 spiro atoms. The Bertz CT molecular complexity index is 424. The number of carbonyl (C=O) groups excluding carboxylic acids is 1. The molecule has 1 aromatic carbocycles. The van der Waals surface area contributed by atoms with Crippen LogP contribution in [-0.4, -0.2) is 48.9 Å². The number of nitrogens with zero attached hydrogens (tertiary/aromatic N) is 2. The van der Waals surface area contributed by atoms with Crippen LogP contribution in [-0.2, 0) is 4.79 Å². The van der Waals surface area contributed by atoms with Gasteiger partial charge >= 0.3 is 0 Å². The highest BCUT2D eigenvalue weighted by atomic mass is 16.2. The van der Waals surface area contributed by atoms with Gasteiger partial charge in [0.05, 0.1) is 5.92 Å². The minimum absolute atomic E-state index is 0.000793. The highest BCUT2D eigenvalue weighted by Crippen LogP contribution is 2.24. The van der Waals surface area contributed by atoms with Crippen molar-refractivity contribution >= 4 is 5.91 Å². The summed E-state index contributed by atoms with van der Waals surface area (Å²) in [5, 5.41) is 0. The van der Waals surface area contributed by atoms with Crippen LogP contribution in [0.1, 0.15) is 37.7 Å². The maximum absolute atomic E-state index is 12.8. The number of hydrogen-bond acceptors (Lipinski definition) is 2. The molecule has 1 aliphatic rings. The van der Waals surface area contributed by atoms with E-state index in [1.165, 1.54) is 0 Å². The zero-order valence-corrected chi connectivity index (χ0v) is 12.9. The number of likely N-dealkylation sites (N-methyl/N-ethyl adjacent to an activating group) is 1. The van der Waals surface area contributed by atoms with Crippen molar-refractivity contribution in [3.05, 3.63) is 35.9 Å². The first-order valence-corrected chi connectivity index (χ1v) is 7.63. The second-order valence-electron chi connectivity index (χ2n) is 5.86. The lowest BCUT2D eigenvalue weighted by atomic mass is 9.93. The van der Waals surface area contributed by atoms with Crippen LogP contribution in [0.25, 0.3) is 0 Å². The van der Waals surface area contributed by atoms with Gasteiger partial charge in [0.1, 0.15) is 0 Å². The Labute approximate surface area is 122 Å². The number of benzene rings is 1. The van der Waals surface area contributed by atoms with Crippen LogP contribution in [0.3, 0.4) is 0 Å². The van der Waals surface area contributed by atoms with Crippen LogP contribution in [0.2, 0.25) is 0 Å². The van der Waals surface area contributed by atoms with Gasteiger partial charge in [-0.15, -0.1) is 0 Å². The topological polar surface area (TPSA) is 23.6 Å². The van der Waals surface area contributed by atoms with Gasteiger partial charge in [0.2, 0.25) is 5.91 Å². The van der Waals surface area contributed by atoms with Crippen molar-refractivity contribution in [1.82, 2.24) is 9.80 Å². The van der Waals surface area contributed by atoms with Crippen LogP contribution >= 0.6 is 0 Å². The fourth-order valence-corrected chi connectivity index (χ4v) is 3.05. The smallest absolute Gasteiger partial charge is 0.230 e. The van der Waals surface area contributed by atoms with E-state index in [-0.39, 0.29) is 11.8 Å². The molecular weight excluding hydrogens is 248 g/mol. The summed E-state index contributed by atoms with van der Waals surface area (Å²) in [5.41, 5.74) is 1.14. The van der Waals surface area contributed by atoms with E-state index in [4.69, 9.17) is 0 Å². The minimum Gasteiger partial charge on any atom is -0.342 e. The third kappa shape index (κ3) is 3.40. The number of piperidine rings is 1. The van der Waals surface area contributed by atoms with E-state index in [0.717, 1.165) is 37.9 Å².